The first-order valence-electron chi connectivity index (χ1n) is 30.9. The van der Waals surface area contributed by atoms with Crippen molar-refractivity contribution in [3.63, 3.8) is 0 Å². The molecule has 18 heteroatoms. The van der Waals surface area contributed by atoms with E-state index in [1.165, 1.54) is 77.0 Å². The fraction of sp³-hybridized carbons (Fsp3) is 0.730. The van der Waals surface area contributed by atoms with Crippen molar-refractivity contribution in [3.8, 4) is 0 Å². The highest BCUT2D eigenvalue weighted by Gasteiger charge is 2.29. The highest BCUT2D eigenvalue weighted by Crippen LogP contribution is 2.45. The molecular weight excluding hydrogens is 1070 g/mol. The van der Waals surface area contributed by atoms with E-state index in [4.69, 9.17) is 32.3 Å². The molecule has 0 spiro atoms. The van der Waals surface area contributed by atoms with Crippen molar-refractivity contribution in [2.45, 2.75) is 257 Å². The van der Waals surface area contributed by atoms with E-state index < -0.39 is 91.5 Å². The normalized spacial score (nSPS) is 15.0. The molecule has 0 radical (unpaired) electrons. The first-order valence-corrected chi connectivity index (χ1v) is 33.9. The molecule has 4 N–H and O–H groups in total. The molecule has 5 unspecified atom stereocenters. The van der Waals surface area contributed by atoms with E-state index in [0.29, 0.717) is 25.7 Å². The number of ether oxygens (including phenoxy) is 3. The Labute approximate surface area is 489 Å². The first-order chi connectivity index (χ1) is 39.2. The van der Waals surface area contributed by atoms with E-state index in [9.17, 15) is 43.5 Å². The van der Waals surface area contributed by atoms with Crippen LogP contribution in [0, 0.1) is 0 Å². The van der Waals surface area contributed by atoms with Crippen molar-refractivity contribution in [2.24, 2.45) is 0 Å². The molecule has 0 amide bonds. The Kier molecular flexibility index (Phi) is 54.9. The van der Waals surface area contributed by atoms with Crippen molar-refractivity contribution in [1.29, 1.82) is 0 Å². The summed E-state index contributed by atoms with van der Waals surface area (Å²) in [7, 11) is -9.78. The monoisotopic (exact) mass is 1180 g/mol. The molecule has 0 aliphatic rings. The number of rotatable bonds is 58. The number of aliphatic hydroxyl groups is 2. The summed E-state index contributed by atoms with van der Waals surface area (Å²) in [6, 6.07) is 0. The molecule has 0 aromatic carbocycles. The van der Waals surface area contributed by atoms with Crippen molar-refractivity contribution in [2.75, 3.05) is 39.6 Å². The zero-order chi connectivity index (χ0) is 59.6. The van der Waals surface area contributed by atoms with Gasteiger partial charge in [0.1, 0.15) is 25.4 Å². The van der Waals surface area contributed by atoms with Gasteiger partial charge in [0.15, 0.2) is 6.10 Å². The lowest BCUT2D eigenvalue weighted by Crippen LogP contribution is -2.30. The van der Waals surface area contributed by atoms with E-state index in [1.54, 1.807) is 0 Å². The van der Waals surface area contributed by atoms with Crippen molar-refractivity contribution in [1.82, 2.24) is 0 Å². The Balaban J connectivity index is 4.69. The third-order valence-corrected chi connectivity index (χ3v) is 14.5. The maximum atomic E-state index is 12.9. The number of hydrogen-bond acceptors (Lipinski definition) is 14. The summed E-state index contributed by atoms with van der Waals surface area (Å²) in [5.74, 6) is -1.66. The van der Waals surface area contributed by atoms with Crippen molar-refractivity contribution < 1.29 is 75.8 Å². The van der Waals surface area contributed by atoms with Gasteiger partial charge in [0.05, 0.1) is 26.4 Å². The van der Waals surface area contributed by atoms with Gasteiger partial charge in [-0.1, -0.05) is 221 Å². The molecule has 0 heterocycles. The summed E-state index contributed by atoms with van der Waals surface area (Å²) in [6.45, 7) is 2.42. The molecule has 0 aromatic rings. The number of carbonyl (C=O) groups excluding carboxylic acids is 3. The van der Waals surface area contributed by atoms with Crippen LogP contribution in [-0.2, 0) is 55.8 Å². The van der Waals surface area contributed by atoms with Crippen LogP contribution in [0.2, 0.25) is 0 Å². The van der Waals surface area contributed by atoms with Gasteiger partial charge in [0.2, 0.25) is 0 Å². The lowest BCUT2D eigenvalue weighted by molar-refractivity contribution is -0.161. The largest absolute Gasteiger partial charge is 0.472 e. The number of phosphoric ester groups is 2. The maximum absolute atomic E-state index is 12.9. The van der Waals surface area contributed by atoms with Crippen LogP contribution < -0.4 is 0 Å². The van der Waals surface area contributed by atoms with Gasteiger partial charge < -0.3 is 34.2 Å². The average Bonchev–Trinajstić information content (AvgIpc) is 3.45. The average molecular weight is 1190 g/mol. The molecule has 0 rings (SSSR count). The third-order valence-electron chi connectivity index (χ3n) is 12.6. The van der Waals surface area contributed by atoms with Gasteiger partial charge in [-0.05, 0) is 83.5 Å². The Bertz CT molecular complexity index is 1830. The van der Waals surface area contributed by atoms with E-state index in [2.05, 4.69) is 87.6 Å². The number of esters is 3. The van der Waals surface area contributed by atoms with Gasteiger partial charge in [0.25, 0.3) is 0 Å². The number of phosphoric acid groups is 2. The minimum atomic E-state index is -4.92. The van der Waals surface area contributed by atoms with Gasteiger partial charge in [0, 0.05) is 19.3 Å². The van der Waals surface area contributed by atoms with E-state index in [-0.39, 0.29) is 19.3 Å². The molecule has 0 bridgehead atoms. The molecule has 0 aromatic heterocycles. The van der Waals surface area contributed by atoms with Gasteiger partial charge in [-0.3, -0.25) is 32.5 Å². The predicted molar refractivity (Wildman–Crippen MR) is 325 cm³/mol. The number of aliphatic hydroxyl groups excluding tert-OH is 2. The van der Waals surface area contributed by atoms with Crippen molar-refractivity contribution in [3.05, 3.63) is 85.1 Å². The third kappa shape index (κ3) is 58.3. The fourth-order valence-corrected chi connectivity index (χ4v) is 9.47. The lowest BCUT2D eigenvalue weighted by Gasteiger charge is -2.21. The summed E-state index contributed by atoms with van der Waals surface area (Å²) in [5.41, 5.74) is 0. The standard InChI is InChI=1S/C63H110O16P2/c1-4-7-10-13-16-19-22-25-26-27-28-29-30-33-35-37-40-43-46-49-61(66)73-52-58(64)53-75-80(69,70)76-54-59(65)55-77-81(71,72)78-57-60(79-63(68)51-48-45-42-39-36-32-24-21-18-15-12-9-6-3)56-74-62(67)50-47-44-41-38-34-31-23-20-17-14-11-8-5-2/h7,10,16,19-20,23,25-26,28-29,33,35,40,43,58-60,64-65H,4-6,8-9,11-15,17-18,21-22,24,27,30-32,34,36-39,41-42,44-57H2,1-3H3,(H,69,70)(H,71,72)/b10-7-,19-16-,23-20-,26-25-,29-28-,35-33-,43-40-. The summed E-state index contributed by atoms with van der Waals surface area (Å²) in [5, 5.41) is 20.4. The van der Waals surface area contributed by atoms with Crippen LogP contribution >= 0.6 is 15.6 Å². The minimum absolute atomic E-state index is 0.0600. The van der Waals surface area contributed by atoms with Crippen molar-refractivity contribution >= 4 is 33.6 Å². The molecule has 0 aliphatic heterocycles. The SMILES string of the molecule is CC/C=C\C/C=C\C/C=C\C/C=C\C/C=C\C/C=C\CCC(=O)OCC(O)COP(=O)(O)OCC(O)COP(=O)(O)OCC(COC(=O)CCCCCCC/C=C\CCCCCC)OC(=O)CCCCCCCCCCCCCCC. The Morgan fingerprint density at radius 1 is 0.358 bits per heavy atom. The number of unbranched alkanes of at least 4 members (excludes halogenated alkanes) is 21. The Morgan fingerprint density at radius 3 is 1.12 bits per heavy atom. The summed E-state index contributed by atoms with van der Waals surface area (Å²) in [6.07, 6.45) is 58.1. The van der Waals surface area contributed by atoms with Crippen LogP contribution in [0.5, 0.6) is 0 Å². The van der Waals surface area contributed by atoms with Gasteiger partial charge in [-0.15, -0.1) is 0 Å². The number of hydrogen-bond donors (Lipinski definition) is 4. The molecule has 0 fully saturated rings. The molecule has 81 heavy (non-hydrogen) atoms. The molecule has 0 aliphatic carbocycles. The van der Waals surface area contributed by atoms with Gasteiger partial charge in [-0.25, -0.2) is 9.13 Å². The lowest BCUT2D eigenvalue weighted by atomic mass is 10.0. The van der Waals surface area contributed by atoms with Gasteiger partial charge >= 0.3 is 33.6 Å². The van der Waals surface area contributed by atoms with Crippen LogP contribution in [0.3, 0.4) is 0 Å². The van der Waals surface area contributed by atoms with E-state index in [0.717, 1.165) is 96.3 Å². The molecular formula is C63H110O16P2. The van der Waals surface area contributed by atoms with Crippen LogP contribution in [0.15, 0.2) is 85.1 Å². The number of carbonyl (C=O) groups is 3. The molecule has 0 saturated carbocycles. The summed E-state index contributed by atoms with van der Waals surface area (Å²) >= 11 is 0. The first kappa shape index (κ1) is 77.7. The number of allylic oxidation sites excluding steroid dienone is 14. The topological polar surface area (TPSA) is 231 Å². The molecule has 16 nitrogen and oxygen atoms in total. The molecule has 5 atom stereocenters. The Hall–Kier alpha value is -3.27. The quantitative estimate of drug-likeness (QED) is 0.0146. The maximum Gasteiger partial charge on any atom is 0.472 e. The van der Waals surface area contributed by atoms with E-state index in [1.807, 2.05) is 18.2 Å². The zero-order valence-electron chi connectivity index (χ0n) is 50.2. The smallest absolute Gasteiger partial charge is 0.463 e. The molecule has 0 saturated heterocycles. The van der Waals surface area contributed by atoms with Gasteiger partial charge in [-0.2, -0.15) is 0 Å². The van der Waals surface area contributed by atoms with Crippen LogP contribution in [0.25, 0.3) is 0 Å². The highest BCUT2D eigenvalue weighted by atomic mass is 31.2. The van der Waals surface area contributed by atoms with Crippen LogP contribution in [-0.4, -0.2) is 95.9 Å². The predicted octanol–water partition coefficient (Wildman–Crippen LogP) is 16.2. The summed E-state index contributed by atoms with van der Waals surface area (Å²) < 4.78 is 60.6. The fourth-order valence-electron chi connectivity index (χ4n) is 7.88. The second-order valence-corrected chi connectivity index (χ2v) is 23.4. The summed E-state index contributed by atoms with van der Waals surface area (Å²) in [4.78, 5) is 58.1. The highest BCUT2D eigenvalue weighted by molar-refractivity contribution is 7.47. The second kappa shape index (κ2) is 57.2. The zero-order valence-corrected chi connectivity index (χ0v) is 52.0. The minimum Gasteiger partial charge on any atom is -0.463 e. The van der Waals surface area contributed by atoms with E-state index >= 15 is 0 Å². The molecule has 468 valence electrons. The Morgan fingerprint density at radius 2 is 0.679 bits per heavy atom. The van der Waals surface area contributed by atoms with Crippen LogP contribution in [0.4, 0.5) is 0 Å². The van der Waals surface area contributed by atoms with Crippen LogP contribution in [0.1, 0.15) is 239 Å². The second-order valence-electron chi connectivity index (χ2n) is 20.5.